The maximum absolute atomic E-state index is 12.5. The average Bonchev–Trinajstić information content (AvgIpc) is 2.99. The van der Waals surface area contributed by atoms with E-state index in [1.807, 2.05) is 0 Å². The van der Waals surface area contributed by atoms with Crippen molar-refractivity contribution in [2.24, 2.45) is 5.41 Å². The molecule has 0 unspecified atom stereocenters. The molecule has 1 aromatic rings. The number of ether oxygens (including phenoxy) is 2. The smallest absolute Gasteiger partial charge is 0.322 e. The van der Waals surface area contributed by atoms with Crippen LogP contribution in [0.1, 0.15) is 26.0 Å². The molecule has 0 saturated carbocycles. The predicted octanol–water partition coefficient (Wildman–Crippen LogP) is 0.829. The van der Waals surface area contributed by atoms with Crippen LogP contribution >= 0.6 is 0 Å². The van der Waals surface area contributed by atoms with Crippen molar-refractivity contribution < 1.29 is 19.1 Å². The van der Waals surface area contributed by atoms with Gasteiger partial charge in [0.1, 0.15) is 0 Å². The SMILES string of the molecule is C=C1C(=O)[C@](C)(C(=O)OC)[C@H](CCc2c[nH]nn2)O[C@@H]1C. The fourth-order valence-electron chi connectivity index (χ4n) is 2.55. The third-order valence-electron chi connectivity index (χ3n) is 4.01. The number of methoxy groups -OCH3 is 1. The minimum absolute atomic E-state index is 0.292. The molecule has 0 spiro atoms. The summed E-state index contributed by atoms with van der Waals surface area (Å²) in [4.78, 5) is 24.6. The van der Waals surface area contributed by atoms with Gasteiger partial charge in [-0.25, -0.2) is 0 Å². The van der Waals surface area contributed by atoms with E-state index in [1.54, 1.807) is 20.0 Å². The molecule has 1 aliphatic heterocycles. The number of nitrogens with zero attached hydrogens (tertiary/aromatic N) is 2. The predicted molar refractivity (Wildman–Crippen MR) is 73.3 cm³/mol. The van der Waals surface area contributed by atoms with Crippen molar-refractivity contribution in [2.75, 3.05) is 7.11 Å². The van der Waals surface area contributed by atoms with E-state index in [-0.39, 0.29) is 5.78 Å². The van der Waals surface area contributed by atoms with E-state index < -0.39 is 23.6 Å². The van der Waals surface area contributed by atoms with Crippen molar-refractivity contribution in [2.45, 2.75) is 38.9 Å². The summed E-state index contributed by atoms with van der Waals surface area (Å²) in [6.45, 7) is 7.02. The van der Waals surface area contributed by atoms with Crippen molar-refractivity contribution in [1.82, 2.24) is 15.4 Å². The first-order valence-corrected chi connectivity index (χ1v) is 6.74. The van der Waals surface area contributed by atoms with Crippen LogP contribution < -0.4 is 0 Å². The van der Waals surface area contributed by atoms with Gasteiger partial charge in [0.15, 0.2) is 11.2 Å². The van der Waals surface area contributed by atoms with Crippen molar-refractivity contribution in [3.8, 4) is 0 Å². The molecule has 7 nitrogen and oxygen atoms in total. The molecule has 2 rings (SSSR count). The number of H-pyrrole nitrogens is 1. The summed E-state index contributed by atoms with van der Waals surface area (Å²) < 4.78 is 10.6. The van der Waals surface area contributed by atoms with Gasteiger partial charge in [-0.2, -0.15) is 0 Å². The van der Waals surface area contributed by atoms with Crippen LogP contribution in [0.2, 0.25) is 0 Å². The van der Waals surface area contributed by atoms with E-state index in [0.717, 1.165) is 5.69 Å². The summed E-state index contributed by atoms with van der Waals surface area (Å²) in [5.41, 5.74) is -0.335. The Hall–Kier alpha value is -2.02. The second-order valence-electron chi connectivity index (χ2n) is 5.32. The number of hydrogen-bond donors (Lipinski definition) is 1. The first-order valence-electron chi connectivity index (χ1n) is 6.74. The lowest BCUT2D eigenvalue weighted by atomic mass is 9.72. The van der Waals surface area contributed by atoms with Crippen LogP contribution in [-0.2, 0) is 25.5 Å². The second kappa shape index (κ2) is 5.77. The fourth-order valence-corrected chi connectivity index (χ4v) is 2.55. The monoisotopic (exact) mass is 293 g/mol. The Morgan fingerprint density at radius 1 is 1.62 bits per heavy atom. The quantitative estimate of drug-likeness (QED) is 0.502. The first-order chi connectivity index (χ1) is 9.91. The van der Waals surface area contributed by atoms with Gasteiger partial charge in [0, 0.05) is 11.8 Å². The van der Waals surface area contributed by atoms with E-state index in [9.17, 15) is 9.59 Å². The third kappa shape index (κ3) is 2.61. The minimum atomic E-state index is -1.37. The lowest BCUT2D eigenvalue weighted by Crippen LogP contribution is -2.55. The lowest BCUT2D eigenvalue weighted by molar-refractivity contribution is -0.175. The Labute approximate surface area is 122 Å². The largest absolute Gasteiger partial charge is 0.468 e. The van der Waals surface area contributed by atoms with Crippen LogP contribution in [0.5, 0.6) is 0 Å². The maximum Gasteiger partial charge on any atom is 0.322 e. The summed E-state index contributed by atoms with van der Waals surface area (Å²) in [5, 5.41) is 10.1. The highest BCUT2D eigenvalue weighted by Crippen LogP contribution is 2.38. The van der Waals surface area contributed by atoms with Crippen LogP contribution in [0.25, 0.3) is 0 Å². The molecular formula is C14H19N3O4. The maximum atomic E-state index is 12.5. The topological polar surface area (TPSA) is 94.2 Å². The van der Waals surface area contributed by atoms with Gasteiger partial charge in [0.05, 0.1) is 25.0 Å². The number of Topliss-reactive ketones (excluding diaryl/α,β-unsaturated/α-hetero) is 1. The van der Waals surface area contributed by atoms with Crippen LogP contribution in [0.4, 0.5) is 0 Å². The van der Waals surface area contributed by atoms with Crippen LogP contribution in [0.15, 0.2) is 18.3 Å². The Morgan fingerprint density at radius 3 is 2.90 bits per heavy atom. The fraction of sp³-hybridized carbons (Fsp3) is 0.571. The number of aromatic nitrogens is 3. The van der Waals surface area contributed by atoms with Crippen LogP contribution in [0.3, 0.4) is 0 Å². The molecule has 1 aromatic heterocycles. The lowest BCUT2D eigenvalue weighted by Gasteiger charge is -2.41. The number of carbonyl (C=O) groups is 2. The van der Waals surface area contributed by atoms with Gasteiger partial charge >= 0.3 is 5.97 Å². The molecule has 21 heavy (non-hydrogen) atoms. The van der Waals surface area contributed by atoms with Gasteiger partial charge in [0.2, 0.25) is 0 Å². The van der Waals surface area contributed by atoms with E-state index in [1.165, 1.54) is 7.11 Å². The number of esters is 1. The van der Waals surface area contributed by atoms with Gasteiger partial charge in [-0.3, -0.25) is 14.7 Å². The van der Waals surface area contributed by atoms with Gasteiger partial charge in [-0.15, -0.1) is 5.10 Å². The van der Waals surface area contributed by atoms with Gasteiger partial charge in [0.25, 0.3) is 0 Å². The zero-order valence-corrected chi connectivity index (χ0v) is 12.4. The molecule has 7 heteroatoms. The van der Waals surface area contributed by atoms with Gasteiger partial charge in [-0.1, -0.05) is 11.8 Å². The highest BCUT2D eigenvalue weighted by Gasteiger charge is 2.54. The zero-order chi connectivity index (χ0) is 15.6. The van der Waals surface area contributed by atoms with Crippen LogP contribution in [0, 0.1) is 5.41 Å². The normalized spacial score (nSPS) is 29.5. The van der Waals surface area contributed by atoms with E-state index in [4.69, 9.17) is 9.47 Å². The highest BCUT2D eigenvalue weighted by atomic mass is 16.5. The molecular weight excluding hydrogens is 274 g/mol. The summed E-state index contributed by atoms with van der Waals surface area (Å²) in [6.07, 6.45) is 1.66. The van der Waals surface area contributed by atoms with E-state index in [0.29, 0.717) is 18.4 Å². The van der Waals surface area contributed by atoms with E-state index >= 15 is 0 Å². The highest BCUT2D eigenvalue weighted by molar-refractivity contribution is 6.13. The number of nitrogens with one attached hydrogen (secondary N) is 1. The molecule has 1 N–H and O–H groups in total. The Bertz CT molecular complexity index is 555. The molecule has 2 heterocycles. The molecule has 0 amide bonds. The van der Waals surface area contributed by atoms with Crippen LogP contribution in [-0.4, -0.2) is 46.5 Å². The molecule has 0 aromatic carbocycles. The molecule has 1 fully saturated rings. The average molecular weight is 293 g/mol. The number of hydrogen-bond acceptors (Lipinski definition) is 6. The molecule has 114 valence electrons. The molecule has 0 aliphatic carbocycles. The summed E-state index contributed by atoms with van der Waals surface area (Å²) in [7, 11) is 1.26. The molecule has 1 saturated heterocycles. The molecule has 3 atom stereocenters. The number of aryl methyl sites for hydroxylation is 1. The second-order valence-corrected chi connectivity index (χ2v) is 5.32. The third-order valence-corrected chi connectivity index (χ3v) is 4.01. The number of ketones is 1. The minimum Gasteiger partial charge on any atom is -0.468 e. The Balaban J connectivity index is 2.24. The van der Waals surface area contributed by atoms with Crippen molar-refractivity contribution in [1.29, 1.82) is 0 Å². The van der Waals surface area contributed by atoms with Gasteiger partial charge < -0.3 is 9.47 Å². The van der Waals surface area contributed by atoms with E-state index in [2.05, 4.69) is 22.0 Å². The Morgan fingerprint density at radius 2 is 2.33 bits per heavy atom. The summed E-state index contributed by atoms with van der Waals surface area (Å²) in [5.74, 6) is -0.927. The summed E-state index contributed by atoms with van der Waals surface area (Å²) in [6, 6.07) is 0. The first kappa shape index (κ1) is 15.4. The number of carbonyl (C=O) groups excluding carboxylic acids is 2. The Kier molecular flexibility index (Phi) is 4.22. The van der Waals surface area contributed by atoms with Crippen molar-refractivity contribution >= 4 is 11.8 Å². The van der Waals surface area contributed by atoms with Crippen molar-refractivity contribution in [3.05, 3.63) is 24.0 Å². The molecule has 0 bridgehead atoms. The van der Waals surface area contributed by atoms with Gasteiger partial charge in [-0.05, 0) is 26.7 Å². The molecule has 0 radical (unpaired) electrons. The number of aromatic amines is 1. The molecule has 1 aliphatic rings. The number of rotatable bonds is 4. The van der Waals surface area contributed by atoms with Crippen molar-refractivity contribution in [3.63, 3.8) is 0 Å². The zero-order valence-electron chi connectivity index (χ0n) is 12.4. The standard InChI is InChI=1S/C14H19N3O4/c1-8-9(2)21-11(6-5-10-7-15-17-16-10)14(3,12(8)18)13(19)20-4/h7,9,11H,1,5-6H2,2-4H3,(H,15,16,17)/t9-,11+,14-/m1/s1. The summed E-state index contributed by atoms with van der Waals surface area (Å²) >= 11 is 0.